The first kappa shape index (κ1) is 23.6. The summed E-state index contributed by atoms with van der Waals surface area (Å²) in [6, 6.07) is 8.21. The lowest BCUT2D eigenvalue weighted by Gasteiger charge is -2.11. The molecule has 0 radical (unpaired) electrons. The van der Waals surface area contributed by atoms with Gasteiger partial charge in [-0.2, -0.15) is 5.26 Å². The first-order valence-electron chi connectivity index (χ1n) is 8.86. The summed E-state index contributed by atoms with van der Waals surface area (Å²) in [6.07, 6.45) is 2.68. The van der Waals surface area contributed by atoms with Gasteiger partial charge in [-0.15, -0.1) is 0 Å². The van der Waals surface area contributed by atoms with Crippen LogP contribution in [0.25, 0.3) is 0 Å². The largest absolute Gasteiger partial charge is 0.390 e. The Morgan fingerprint density at radius 3 is 2.45 bits per heavy atom. The third-order valence-corrected chi connectivity index (χ3v) is 3.38. The van der Waals surface area contributed by atoms with E-state index in [-0.39, 0.29) is 36.0 Å². The fourth-order valence-electron chi connectivity index (χ4n) is 2.03. The molecule has 10 heteroatoms. The number of hydrogen-bond donors (Lipinski definition) is 5. The number of nitrogens with two attached hydrogens (primary N) is 3. The average molecular weight is 402 g/mol. The van der Waals surface area contributed by atoms with Crippen LogP contribution in [0.4, 0.5) is 5.69 Å². The number of allylic oxidation sites excluding steroid dienone is 3. The summed E-state index contributed by atoms with van der Waals surface area (Å²) in [4.78, 5) is 24.5. The highest BCUT2D eigenvalue weighted by atomic mass is 16.5. The predicted molar refractivity (Wildman–Crippen MR) is 108 cm³/mol. The molecule has 0 saturated heterocycles. The Morgan fingerprint density at radius 2 is 1.76 bits per heavy atom. The molecule has 29 heavy (non-hydrogen) atoms. The topological polar surface area (TPSA) is 179 Å². The number of ether oxygens (including phenoxy) is 2. The smallest absolute Gasteiger partial charge is 0.258 e. The van der Waals surface area contributed by atoms with Crippen LogP contribution in [0, 0.1) is 11.3 Å². The molecule has 2 amide bonds. The summed E-state index contributed by atoms with van der Waals surface area (Å²) in [7, 11) is 0. The van der Waals surface area contributed by atoms with Gasteiger partial charge in [-0.25, -0.2) is 0 Å². The Labute approximate surface area is 169 Å². The Bertz CT molecular complexity index is 785. The van der Waals surface area contributed by atoms with Crippen molar-refractivity contribution in [2.24, 2.45) is 17.2 Å². The molecule has 0 heterocycles. The van der Waals surface area contributed by atoms with Crippen LogP contribution in [-0.4, -0.2) is 44.8 Å². The molecule has 0 unspecified atom stereocenters. The van der Waals surface area contributed by atoms with E-state index >= 15 is 0 Å². The standard InChI is InChI=1S/C19H26N6O4/c20-8-10-29-12-11-28-9-7-18(26)24-16-4-2-1-3-15(16)19(27)25-17(23)6-5-14(22)13-21/h1-6H,7-12,20,22-23H2,(H,24,26)(H,25,27)/b14-5-,17-6+. The number of carbonyl (C=O) groups excluding carboxylic acids is 2. The third-order valence-electron chi connectivity index (χ3n) is 3.38. The van der Waals surface area contributed by atoms with Crippen molar-refractivity contribution in [1.82, 2.24) is 5.32 Å². The van der Waals surface area contributed by atoms with Crippen LogP contribution in [0.2, 0.25) is 0 Å². The first-order chi connectivity index (χ1) is 14.0. The molecule has 0 saturated carbocycles. The quantitative estimate of drug-likeness (QED) is 0.183. The molecule has 0 fully saturated rings. The summed E-state index contributed by atoms with van der Waals surface area (Å²) < 4.78 is 10.5. The van der Waals surface area contributed by atoms with Crippen molar-refractivity contribution in [1.29, 1.82) is 5.26 Å². The van der Waals surface area contributed by atoms with E-state index in [0.29, 0.717) is 32.1 Å². The lowest BCUT2D eigenvalue weighted by molar-refractivity contribution is -0.117. The van der Waals surface area contributed by atoms with E-state index in [9.17, 15) is 9.59 Å². The molecule has 0 bridgehead atoms. The molecule has 1 aromatic carbocycles. The first-order valence-corrected chi connectivity index (χ1v) is 8.86. The van der Waals surface area contributed by atoms with Crippen molar-refractivity contribution >= 4 is 17.5 Å². The van der Waals surface area contributed by atoms with Gasteiger partial charge in [0.05, 0.1) is 44.1 Å². The average Bonchev–Trinajstić information content (AvgIpc) is 2.71. The lowest BCUT2D eigenvalue weighted by atomic mass is 10.1. The van der Waals surface area contributed by atoms with Crippen LogP contribution in [-0.2, 0) is 14.3 Å². The second kappa shape index (κ2) is 13.7. The number of nitrogens with zero attached hydrogens (tertiary/aromatic N) is 1. The van der Waals surface area contributed by atoms with Gasteiger partial charge in [-0.05, 0) is 24.3 Å². The molecule has 0 aromatic heterocycles. The second-order valence-electron chi connectivity index (χ2n) is 5.67. The van der Waals surface area contributed by atoms with Crippen molar-refractivity contribution in [3.8, 4) is 6.07 Å². The van der Waals surface area contributed by atoms with Gasteiger partial charge in [0.25, 0.3) is 5.91 Å². The van der Waals surface area contributed by atoms with Gasteiger partial charge in [-0.1, -0.05) is 12.1 Å². The summed E-state index contributed by atoms with van der Waals surface area (Å²) >= 11 is 0. The van der Waals surface area contributed by atoms with Crippen molar-refractivity contribution < 1.29 is 19.1 Å². The highest BCUT2D eigenvalue weighted by Crippen LogP contribution is 2.15. The summed E-state index contributed by atoms with van der Waals surface area (Å²) in [6.45, 7) is 1.90. The van der Waals surface area contributed by atoms with Crippen molar-refractivity contribution in [3.63, 3.8) is 0 Å². The molecule has 156 valence electrons. The molecule has 0 aliphatic rings. The van der Waals surface area contributed by atoms with Crippen molar-refractivity contribution in [2.45, 2.75) is 6.42 Å². The molecule has 10 nitrogen and oxygen atoms in total. The number of carbonyl (C=O) groups is 2. The van der Waals surface area contributed by atoms with Gasteiger partial charge in [-0.3, -0.25) is 9.59 Å². The van der Waals surface area contributed by atoms with Gasteiger partial charge < -0.3 is 37.3 Å². The fraction of sp³-hybridized carbons (Fsp3) is 0.316. The number of amides is 2. The maximum atomic E-state index is 12.4. The zero-order valence-corrected chi connectivity index (χ0v) is 16.0. The van der Waals surface area contributed by atoms with Crippen molar-refractivity contribution in [3.05, 3.63) is 53.5 Å². The highest BCUT2D eigenvalue weighted by molar-refractivity contribution is 6.04. The number of rotatable bonds is 12. The van der Waals surface area contributed by atoms with E-state index in [0.717, 1.165) is 0 Å². The Kier molecular flexibility index (Phi) is 11.2. The molecule has 0 spiro atoms. The van der Waals surface area contributed by atoms with E-state index in [1.807, 2.05) is 0 Å². The van der Waals surface area contributed by atoms with Gasteiger partial charge >= 0.3 is 0 Å². The molecule has 1 rings (SSSR count). The summed E-state index contributed by atoms with van der Waals surface area (Å²) in [5.41, 5.74) is 16.8. The number of nitriles is 1. The van der Waals surface area contributed by atoms with Crippen LogP contribution in [0.5, 0.6) is 0 Å². The minimum atomic E-state index is -0.521. The number of benzene rings is 1. The predicted octanol–water partition coefficient (Wildman–Crippen LogP) is -0.0968. The number of para-hydroxylation sites is 1. The number of anilines is 1. The van der Waals surface area contributed by atoms with Gasteiger partial charge in [0.15, 0.2) is 0 Å². The Hall–Kier alpha value is -3.39. The normalized spacial score (nSPS) is 11.6. The van der Waals surface area contributed by atoms with E-state index < -0.39 is 5.91 Å². The van der Waals surface area contributed by atoms with Crippen LogP contribution in [0.15, 0.2) is 47.9 Å². The SMILES string of the molecule is N#C/C(N)=C/C=C(\N)NC(=O)c1ccccc1NC(=O)CCOCCOCCN. The molecular weight excluding hydrogens is 376 g/mol. The Morgan fingerprint density at radius 1 is 1.07 bits per heavy atom. The lowest BCUT2D eigenvalue weighted by Crippen LogP contribution is -2.28. The van der Waals surface area contributed by atoms with Crippen LogP contribution < -0.4 is 27.8 Å². The van der Waals surface area contributed by atoms with E-state index in [4.69, 9.17) is 31.9 Å². The minimum absolute atomic E-state index is 0.000385. The number of nitrogens with one attached hydrogen (secondary N) is 2. The summed E-state index contributed by atoms with van der Waals surface area (Å²) in [5.74, 6) is -0.826. The Balaban J connectivity index is 2.57. The zero-order valence-electron chi connectivity index (χ0n) is 16.0. The molecule has 0 aliphatic carbocycles. The maximum absolute atomic E-state index is 12.4. The molecule has 1 aromatic rings. The maximum Gasteiger partial charge on any atom is 0.258 e. The van der Waals surface area contributed by atoms with Crippen molar-refractivity contribution in [2.75, 3.05) is 38.3 Å². The van der Waals surface area contributed by atoms with Gasteiger partial charge in [0, 0.05) is 6.54 Å². The molecular formula is C19H26N6O4. The van der Waals surface area contributed by atoms with E-state index in [1.54, 1.807) is 30.3 Å². The number of hydrogen-bond acceptors (Lipinski definition) is 8. The second-order valence-corrected chi connectivity index (χ2v) is 5.67. The minimum Gasteiger partial charge on any atom is -0.390 e. The zero-order chi connectivity index (χ0) is 21.5. The molecule has 8 N–H and O–H groups in total. The highest BCUT2D eigenvalue weighted by Gasteiger charge is 2.13. The van der Waals surface area contributed by atoms with E-state index in [1.165, 1.54) is 12.2 Å². The monoisotopic (exact) mass is 402 g/mol. The fourth-order valence-corrected chi connectivity index (χ4v) is 2.03. The van der Waals surface area contributed by atoms with Gasteiger partial charge in [0.2, 0.25) is 5.91 Å². The van der Waals surface area contributed by atoms with Crippen LogP contribution in [0.3, 0.4) is 0 Å². The molecule has 0 aliphatic heterocycles. The van der Waals surface area contributed by atoms with Crippen LogP contribution in [0.1, 0.15) is 16.8 Å². The summed E-state index contributed by atoms with van der Waals surface area (Å²) in [5, 5.41) is 13.7. The van der Waals surface area contributed by atoms with Gasteiger partial charge in [0.1, 0.15) is 17.6 Å². The van der Waals surface area contributed by atoms with Crippen LogP contribution >= 0.6 is 0 Å². The van der Waals surface area contributed by atoms with E-state index in [2.05, 4.69) is 10.6 Å². The molecule has 0 atom stereocenters. The third kappa shape index (κ3) is 9.92.